The van der Waals surface area contributed by atoms with Crippen LogP contribution in [0.15, 0.2) is 48.5 Å². The molecule has 2 rings (SSSR count). The highest BCUT2D eigenvalue weighted by molar-refractivity contribution is 5.95. The number of ether oxygens (including phenoxy) is 1. The summed E-state index contributed by atoms with van der Waals surface area (Å²) >= 11 is 0. The number of carbonyl (C=O) groups excluding carboxylic acids is 2. The lowest BCUT2D eigenvalue weighted by Crippen LogP contribution is -2.20. The van der Waals surface area contributed by atoms with Crippen LogP contribution >= 0.6 is 0 Å². The van der Waals surface area contributed by atoms with E-state index >= 15 is 0 Å². The van der Waals surface area contributed by atoms with Crippen molar-refractivity contribution in [3.05, 3.63) is 65.5 Å². The van der Waals surface area contributed by atoms with Crippen molar-refractivity contribution in [1.82, 2.24) is 5.32 Å². The molecule has 1 N–H and O–H groups in total. The summed E-state index contributed by atoms with van der Waals surface area (Å²) in [5.41, 5.74) is 0.128. The first-order chi connectivity index (χ1) is 9.63. The first kappa shape index (κ1) is 13.7. The van der Waals surface area contributed by atoms with Gasteiger partial charge in [-0.1, -0.05) is 24.3 Å². The molecule has 2 aromatic rings. The van der Waals surface area contributed by atoms with E-state index in [1.165, 1.54) is 25.2 Å². The van der Waals surface area contributed by atoms with Crippen molar-refractivity contribution in [2.45, 2.75) is 0 Å². The van der Waals surface area contributed by atoms with E-state index in [9.17, 15) is 14.0 Å². The number of hydrogen-bond donors (Lipinski definition) is 1. The molecule has 0 aliphatic carbocycles. The van der Waals surface area contributed by atoms with Crippen molar-refractivity contribution < 1.29 is 18.7 Å². The molecule has 5 heteroatoms. The molecule has 0 atom stereocenters. The molecular formula is C15H12FNO3. The zero-order chi connectivity index (χ0) is 14.5. The quantitative estimate of drug-likeness (QED) is 0.690. The monoisotopic (exact) mass is 273 g/mol. The number of nitrogens with one attached hydrogen (secondary N) is 1. The van der Waals surface area contributed by atoms with Crippen LogP contribution in [0.1, 0.15) is 20.7 Å². The number of halogens is 1. The van der Waals surface area contributed by atoms with Gasteiger partial charge in [0.2, 0.25) is 0 Å². The van der Waals surface area contributed by atoms with E-state index in [0.717, 1.165) is 0 Å². The molecule has 0 saturated carbocycles. The van der Waals surface area contributed by atoms with Crippen molar-refractivity contribution in [1.29, 1.82) is 0 Å². The summed E-state index contributed by atoms with van der Waals surface area (Å²) in [5.74, 6) is -2.41. The van der Waals surface area contributed by atoms with Gasteiger partial charge in [0.05, 0.1) is 11.1 Å². The Morgan fingerprint density at radius 2 is 1.75 bits per heavy atom. The SMILES string of the molecule is CNC(=O)c1cccc(OC(=O)c2ccccc2)c1F. The first-order valence-electron chi connectivity index (χ1n) is 5.91. The third-order valence-electron chi connectivity index (χ3n) is 2.65. The van der Waals surface area contributed by atoms with E-state index in [4.69, 9.17) is 4.74 Å². The number of carbonyl (C=O) groups is 2. The largest absolute Gasteiger partial charge is 0.420 e. The number of esters is 1. The molecule has 1 amide bonds. The highest BCUT2D eigenvalue weighted by atomic mass is 19.1. The second-order valence-corrected chi connectivity index (χ2v) is 3.95. The Labute approximate surface area is 115 Å². The zero-order valence-electron chi connectivity index (χ0n) is 10.7. The van der Waals surface area contributed by atoms with Crippen LogP contribution in [0.3, 0.4) is 0 Å². The van der Waals surface area contributed by atoms with Crippen molar-refractivity contribution in [3.63, 3.8) is 0 Å². The molecule has 0 bridgehead atoms. The van der Waals surface area contributed by atoms with Crippen molar-refractivity contribution in [2.24, 2.45) is 0 Å². The number of amides is 1. The Kier molecular flexibility index (Phi) is 4.10. The Morgan fingerprint density at radius 1 is 1.05 bits per heavy atom. The fourth-order valence-electron chi connectivity index (χ4n) is 1.63. The highest BCUT2D eigenvalue weighted by Crippen LogP contribution is 2.21. The van der Waals surface area contributed by atoms with Crippen LogP contribution in [0, 0.1) is 5.82 Å². The minimum absolute atomic E-state index is 0.175. The topological polar surface area (TPSA) is 55.4 Å². The summed E-state index contributed by atoms with van der Waals surface area (Å²) < 4.78 is 19.0. The summed E-state index contributed by atoms with van der Waals surface area (Å²) in [6, 6.07) is 12.3. The smallest absolute Gasteiger partial charge is 0.343 e. The molecule has 0 heterocycles. The van der Waals surface area contributed by atoms with E-state index in [0.29, 0.717) is 5.56 Å². The first-order valence-corrected chi connectivity index (χ1v) is 5.91. The van der Waals surface area contributed by atoms with Crippen LogP contribution in [-0.4, -0.2) is 18.9 Å². The summed E-state index contributed by atoms with van der Waals surface area (Å²) in [5, 5.41) is 2.31. The van der Waals surface area contributed by atoms with Crippen molar-refractivity contribution in [2.75, 3.05) is 7.05 Å². The lowest BCUT2D eigenvalue weighted by molar-refractivity contribution is 0.0725. The van der Waals surface area contributed by atoms with Crippen LogP contribution in [0.5, 0.6) is 5.75 Å². The highest BCUT2D eigenvalue weighted by Gasteiger charge is 2.17. The summed E-state index contributed by atoms with van der Waals surface area (Å²) in [4.78, 5) is 23.3. The summed E-state index contributed by atoms with van der Waals surface area (Å²) in [6.45, 7) is 0. The predicted octanol–water partition coefficient (Wildman–Crippen LogP) is 2.40. The average Bonchev–Trinajstić information content (AvgIpc) is 2.49. The molecule has 0 fully saturated rings. The zero-order valence-corrected chi connectivity index (χ0v) is 10.7. The van der Waals surface area contributed by atoms with Gasteiger partial charge in [-0.2, -0.15) is 0 Å². The third kappa shape index (κ3) is 2.83. The molecule has 2 aromatic carbocycles. The number of hydrogen-bond acceptors (Lipinski definition) is 3. The number of benzene rings is 2. The van der Waals surface area contributed by atoms with Gasteiger partial charge in [0.15, 0.2) is 11.6 Å². The lowest BCUT2D eigenvalue weighted by atomic mass is 10.2. The molecule has 0 saturated heterocycles. The summed E-state index contributed by atoms with van der Waals surface area (Å²) in [7, 11) is 1.39. The minimum atomic E-state index is -0.865. The van der Waals surface area contributed by atoms with Gasteiger partial charge in [0.1, 0.15) is 0 Å². The molecule has 102 valence electrons. The molecular weight excluding hydrogens is 261 g/mol. The predicted molar refractivity (Wildman–Crippen MR) is 71.2 cm³/mol. The van der Waals surface area contributed by atoms with E-state index < -0.39 is 17.7 Å². The van der Waals surface area contributed by atoms with E-state index in [1.807, 2.05) is 0 Å². The lowest BCUT2D eigenvalue weighted by Gasteiger charge is -2.08. The van der Waals surface area contributed by atoms with Gasteiger partial charge in [0, 0.05) is 7.05 Å². The molecule has 4 nitrogen and oxygen atoms in total. The standard InChI is InChI=1S/C15H12FNO3/c1-17-14(18)11-8-5-9-12(13(11)16)20-15(19)10-6-3-2-4-7-10/h2-9H,1H3,(H,17,18). The fourth-order valence-corrected chi connectivity index (χ4v) is 1.63. The fraction of sp³-hybridized carbons (Fsp3) is 0.0667. The normalized spacial score (nSPS) is 9.90. The summed E-state index contributed by atoms with van der Waals surface area (Å²) in [6.07, 6.45) is 0. The van der Waals surface area contributed by atoms with Gasteiger partial charge in [-0.3, -0.25) is 4.79 Å². The van der Waals surface area contributed by atoms with Crippen LogP contribution in [0.4, 0.5) is 4.39 Å². The second-order valence-electron chi connectivity index (χ2n) is 3.95. The molecule has 20 heavy (non-hydrogen) atoms. The van der Waals surface area contributed by atoms with E-state index in [2.05, 4.69) is 5.32 Å². The molecule has 0 spiro atoms. The van der Waals surface area contributed by atoms with Gasteiger partial charge in [-0.25, -0.2) is 9.18 Å². The van der Waals surface area contributed by atoms with Gasteiger partial charge < -0.3 is 10.1 Å². The van der Waals surface area contributed by atoms with Gasteiger partial charge >= 0.3 is 5.97 Å². The molecule has 0 aliphatic rings. The van der Waals surface area contributed by atoms with E-state index in [-0.39, 0.29) is 11.3 Å². The Hall–Kier alpha value is -2.69. The number of rotatable bonds is 3. The van der Waals surface area contributed by atoms with Crippen molar-refractivity contribution in [3.8, 4) is 5.75 Å². The maximum atomic E-state index is 14.0. The second kappa shape index (κ2) is 5.97. The van der Waals surface area contributed by atoms with Gasteiger partial charge in [-0.05, 0) is 24.3 Å². The molecule has 0 aromatic heterocycles. The van der Waals surface area contributed by atoms with Crippen LogP contribution in [-0.2, 0) is 0 Å². The van der Waals surface area contributed by atoms with E-state index in [1.54, 1.807) is 30.3 Å². The third-order valence-corrected chi connectivity index (χ3v) is 2.65. The maximum absolute atomic E-state index is 14.0. The van der Waals surface area contributed by atoms with Gasteiger partial charge in [0.25, 0.3) is 5.91 Å². The van der Waals surface area contributed by atoms with Crippen molar-refractivity contribution >= 4 is 11.9 Å². The maximum Gasteiger partial charge on any atom is 0.343 e. The Morgan fingerprint density at radius 3 is 2.40 bits per heavy atom. The van der Waals surface area contributed by atoms with Gasteiger partial charge in [-0.15, -0.1) is 0 Å². The Balaban J connectivity index is 2.26. The Bertz CT molecular complexity index is 641. The van der Waals surface area contributed by atoms with Crippen LogP contribution < -0.4 is 10.1 Å². The molecule has 0 radical (unpaired) electrons. The molecule has 0 aliphatic heterocycles. The van der Waals surface area contributed by atoms with Crippen LogP contribution in [0.25, 0.3) is 0 Å². The van der Waals surface area contributed by atoms with Crippen LogP contribution in [0.2, 0.25) is 0 Å². The minimum Gasteiger partial charge on any atom is -0.420 e. The molecule has 0 unspecified atom stereocenters. The average molecular weight is 273 g/mol.